The van der Waals surface area contributed by atoms with Gasteiger partial charge in [-0.2, -0.15) is 0 Å². The van der Waals surface area contributed by atoms with Gasteiger partial charge in [0, 0.05) is 18.5 Å². The number of amides is 2. The molecule has 0 bridgehead atoms. The van der Waals surface area contributed by atoms with Crippen LogP contribution in [0.2, 0.25) is 0 Å². The van der Waals surface area contributed by atoms with E-state index in [1.54, 1.807) is 5.48 Å². The number of fused-ring (bicyclic) bond motifs is 1. The first-order valence-electron chi connectivity index (χ1n) is 8.07. The Kier molecular flexibility index (Phi) is 4.91. The van der Waals surface area contributed by atoms with Gasteiger partial charge in [0.1, 0.15) is 0 Å². The summed E-state index contributed by atoms with van der Waals surface area (Å²) in [6, 6.07) is 14.5. The molecule has 0 saturated heterocycles. The van der Waals surface area contributed by atoms with E-state index in [1.807, 2.05) is 12.1 Å². The standard InChI is InChI=1S/C19H20N2O3/c22-18(21-24)8-7-17-16(9-10-20-19(17)23)12-13-5-6-14-3-1-2-4-15(14)11-13/h1-6,11,24H,7-10,12H2,(H,20,23)(H,21,22). The number of rotatable bonds is 5. The van der Waals surface area contributed by atoms with Crippen LogP contribution in [-0.4, -0.2) is 23.6 Å². The first kappa shape index (κ1) is 16.2. The van der Waals surface area contributed by atoms with Crippen molar-refractivity contribution in [2.45, 2.75) is 25.7 Å². The Hall–Kier alpha value is -2.66. The molecule has 0 saturated carbocycles. The van der Waals surface area contributed by atoms with Crippen molar-refractivity contribution >= 4 is 22.6 Å². The van der Waals surface area contributed by atoms with Crippen LogP contribution >= 0.6 is 0 Å². The van der Waals surface area contributed by atoms with Gasteiger partial charge in [-0.25, -0.2) is 5.48 Å². The van der Waals surface area contributed by atoms with Crippen LogP contribution in [0.5, 0.6) is 0 Å². The van der Waals surface area contributed by atoms with Crippen molar-refractivity contribution in [1.29, 1.82) is 0 Å². The Bertz CT molecular complexity index is 811. The van der Waals surface area contributed by atoms with Gasteiger partial charge in [-0.3, -0.25) is 14.8 Å². The monoisotopic (exact) mass is 324 g/mol. The smallest absolute Gasteiger partial charge is 0.247 e. The van der Waals surface area contributed by atoms with Crippen molar-refractivity contribution in [3.63, 3.8) is 0 Å². The van der Waals surface area contributed by atoms with Gasteiger partial charge in [-0.15, -0.1) is 0 Å². The number of hydrogen-bond acceptors (Lipinski definition) is 3. The van der Waals surface area contributed by atoms with E-state index in [0.29, 0.717) is 25.0 Å². The maximum Gasteiger partial charge on any atom is 0.247 e. The summed E-state index contributed by atoms with van der Waals surface area (Å²) in [6.45, 7) is 0.622. The largest absolute Gasteiger partial charge is 0.352 e. The molecule has 0 radical (unpaired) electrons. The molecule has 0 unspecified atom stereocenters. The summed E-state index contributed by atoms with van der Waals surface area (Å²) in [5.41, 5.74) is 4.50. The molecule has 0 aliphatic carbocycles. The van der Waals surface area contributed by atoms with Crippen LogP contribution in [0.1, 0.15) is 24.8 Å². The summed E-state index contributed by atoms with van der Waals surface area (Å²) in [7, 11) is 0. The fourth-order valence-electron chi connectivity index (χ4n) is 3.12. The van der Waals surface area contributed by atoms with E-state index in [0.717, 1.165) is 17.6 Å². The lowest BCUT2D eigenvalue weighted by Crippen LogP contribution is -2.33. The molecular formula is C19H20N2O3. The van der Waals surface area contributed by atoms with Crippen LogP contribution in [0.25, 0.3) is 10.8 Å². The number of nitrogens with one attached hydrogen (secondary N) is 2. The van der Waals surface area contributed by atoms with E-state index >= 15 is 0 Å². The average Bonchev–Trinajstić information content (AvgIpc) is 2.61. The minimum Gasteiger partial charge on any atom is -0.352 e. The molecule has 0 spiro atoms. The van der Waals surface area contributed by atoms with Crippen LogP contribution in [-0.2, 0) is 16.0 Å². The molecule has 5 heteroatoms. The Morgan fingerprint density at radius 1 is 1.17 bits per heavy atom. The van der Waals surface area contributed by atoms with Crippen molar-refractivity contribution < 1.29 is 14.8 Å². The minimum atomic E-state index is -0.481. The second-order valence-corrected chi connectivity index (χ2v) is 5.98. The molecule has 0 aromatic heterocycles. The molecule has 3 N–H and O–H groups in total. The third-order valence-electron chi connectivity index (χ3n) is 4.37. The summed E-state index contributed by atoms with van der Waals surface area (Å²) >= 11 is 0. The van der Waals surface area contributed by atoms with Crippen LogP contribution in [0.4, 0.5) is 0 Å². The highest BCUT2D eigenvalue weighted by molar-refractivity contribution is 5.95. The molecule has 3 rings (SSSR count). The number of hydroxylamine groups is 1. The SMILES string of the molecule is O=C(CCC1=C(Cc2ccc3ccccc3c2)CCNC1=O)NO. The molecule has 1 aliphatic rings. The van der Waals surface area contributed by atoms with Gasteiger partial charge < -0.3 is 5.32 Å². The third-order valence-corrected chi connectivity index (χ3v) is 4.37. The molecule has 124 valence electrons. The third kappa shape index (κ3) is 3.63. The van der Waals surface area contributed by atoms with Gasteiger partial charge in [-0.1, -0.05) is 48.0 Å². The molecule has 1 aliphatic heterocycles. The Balaban J connectivity index is 1.85. The maximum atomic E-state index is 12.1. The highest BCUT2D eigenvalue weighted by Crippen LogP contribution is 2.24. The molecule has 2 amide bonds. The van der Waals surface area contributed by atoms with Gasteiger partial charge in [-0.05, 0) is 35.6 Å². The molecule has 0 atom stereocenters. The summed E-state index contributed by atoms with van der Waals surface area (Å²) in [6.07, 6.45) is 1.92. The van der Waals surface area contributed by atoms with Crippen molar-refractivity contribution in [2.24, 2.45) is 0 Å². The van der Waals surface area contributed by atoms with E-state index < -0.39 is 5.91 Å². The predicted molar refractivity (Wildman–Crippen MR) is 91.5 cm³/mol. The summed E-state index contributed by atoms with van der Waals surface area (Å²) in [4.78, 5) is 23.4. The zero-order valence-corrected chi connectivity index (χ0v) is 13.3. The van der Waals surface area contributed by atoms with Gasteiger partial charge in [0.25, 0.3) is 0 Å². The zero-order chi connectivity index (χ0) is 16.9. The molecule has 0 fully saturated rings. The van der Waals surface area contributed by atoms with Gasteiger partial charge in [0.05, 0.1) is 0 Å². The molecular weight excluding hydrogens is 304 g/mol. The molecule has 2 aromatic rings. The normalized spacial score (nSPS) is 14.6. The number of carbonyl (C=O) groups is 2. The van der Waals surface area contributed by atoms with E-state index in [2.05, 4.69) is 35.6 Å². The quantitative estimate of drug-likeness (QED) is 0.584. The number of carbonyl (C=O) groups excluding carboxylic acids is 2. The van der Waals surface area contributed by atoms with Crippen LogP contribution < -0.4 is 10.8 Å². The van der Waals surface area contributed by atoms with Crippen molar-refractivity contribution in [1.82, 2.24) is 10.8 Å². The van der Waals surface area contributed by atoms with Crippen LogP contribution in [0.15, 0.2) is 53.6 Å². The Morgan fingerprint density at radius 2 is 1.96 bits per heavy atom. The lowest BCUT2D eigenvalue weighted by atomic mass is 9.91. The average molecular weight is 324 g/mol. The summed E-state index contributed by atoms with van der Waals surface area (Å²) in [5, 5.41) is 13.8. The highest BCUT2D eigenvalue weighted by atomic mass is 16.5. The Labute approximate surface area is 140 Å². The van der Waals surface area contributed by atoms with Crippen molar-refractivity contribution in [3.8, 4) is 0 Å². The van der Waals surface area contributed by atoms with Crippen LogP contribution in [0, 0.1) is 0 Å². The fraction of sp³-hybridized carbons (Fsp3) is 0.263. The lowest BCUT2D eigenvalue weighted by molar-refractivity contribution is -0.129. The predicted octanol–water partition coefficient (Wildman–Crippen LogP) is 2.48. The first-order valence-corrected chi connectivity index (χ1v) is 8.07. The summed E-state index contributed by atoms with van der Waals surface area (Å²) in [5.74, 6) is -0.589. The minimum absolute atomic E-state index is 0.0977. The van der Waals surface area contributed by atoms with E-state index in [-0.39, 0.29) is 12.3 Å². The van der Waals surface area contributed by atoms with Gasteiger partial charge in [0.2, 0.25) is 11.8 Å². The fourth-order valence-corrected chi connectivity index (χ4v) is 3.12. The van der Waals surface area contributed by atoms with Crippen molar-refractivity contribution in [3.05, 3.63) is 59.2 Å². The second-order valence-electron chi connectivity index (χ2n) is 5.98. The van der Waals surface area contributed by atoms with Crippen molar-refractivity contribution in [2.75, 3.05) is 6.54 Å². The molecule has 1 heterocycles. The van der Waals surface area contributed by atoms with Gasteiger partial charge in [0.15, 0.2) is 0 Å². The first-order chi connectivity index (χ1) is 11.7. The molecule has 5 nitrogen and oxygen atoms in total. The number of hydrogen-bond donors (Lipinski definition) is 3. The second kappa shape index (κ2) is 7.27. The molecule has 24 heavy (non-hydrogen) atoms. The lowest BCUT2D eigenvalue weighted by Gasteiger charge is -2.21. The molecule has 2 aromatic carbocycles. The highest BCUT2D eigenvalue weighted by Gasteiger charge is 2.20. The Morgan fingerprint density at radius 3 is 2.75 bits per heavy atom. The van der Waals surface area contributed by atoms with Crippen LogP contribution in [0.3, 0.4) is 0 Å². The van der Waals surface area contributed by atoms with E-state index in [4.69, 9.17) is 5.21 Å². The van der Waals surface area contributed by atoms with Gasteiger partial charge >= 0.3 is 0 Å². The van der Waals surface area contributed by atoms with E-state index in [1.165, 1.54) is 10.8 Å². The number of benzene rings is 2. The topological polar surface area (TPSA) is 78.4 Å². The zero-order valence-electron chi connectivity index (χ0n) is 13.3. The maximum absolute atomic E-state index is 12.1. The summed E-state index contributed by atoms with van der Waals surface area (Å²) < 4.78 is 0. The van der Waals surface area contributed by atoms with E-state index in [9.17, 15) is 9.59 Å².